The summed E-state index contributed by atoms with van der Waals surface area (Å²) < 4.78 is 6.63. The average Bonchev–Trinajstić information content (AvgIpc) is 3.76. The Balaban J connectivity index is 1.21. The van der Waals surface area contributed by atoms with Crippen LogP contribution in [0.2, 0.25) is 0 Å². The van der Waals surface area contributed by atoms with Crippen molar-refractivity contribution in [2.24, 2.45) is 0 Å². The summed E-state index contributed by atoms with van der Waals surface area (Å²) >= 11 is 0. The number of nitrogens with zero attached hydrogens (tertiary/aromatic N) is 3. The molecule has 53 heavy (non-hydrogen) atoms. The zero-order valence-corrected chi connectivity index (χ0v) is 28.3. The number of hydrogen-bond donors (Lipinski definition) is 0. The maximum absolute atomic E-state index is 6.63. The molecule has 0 N–H and O–H groups in total. The first kappa shape index (κ1) is 28.5. The maximum Gasteiger partial charge on any atom is 0.165 e. The first-order valence-electron chi connectivity index (χ1n) is 17.9. The van der Waals surface area contributed by atoms with Crippen molar-refractivity contribution in [1.82, 2.24) is 15.0 Å². The minimum atomic E-state index is 0.620. The van der Waals surface area contributed by atoms with Crippen molar-refractivity contribution < 1.29 is 4.42 Å². The predicted octanol–water partition coefficient (Wildman–Crippen LogP) is 13.0. The van der Waals surface area contributed by atoms with Gasteiger partial charge in [-0.15, -0.1) is 0 Å². The molecular formula is C49H27N3O. The lowest BCUT2D eigenvalue weighted by Crippen LogP contribution is -2.02. The number of rotatable bonds is 3. The first-order chi connectivity index (χ1) is 26.2. The molecule has 1 aliphatic carbocycles. The number of fused-ring (bicyclic) bond motifs is 10. The fourth-order valence-electron chi connectivity index (χ4n) is 8.59. The van der Waals surface area contributed by atoms with Crippen LogP contribution in [0.5, 0.6) is 0 Å². The summed E-state index contributed by atoms with van der Waals surface area (Å²) in [5.74, 6) is 1.87. The zero-order valence-electron chi connectivity index (χ0n) is 28.3. The molecule has 0 fully saturated rings. The largest absolute Gasteiger partial charge is 0.456 e. The third-order valence-corrected chi connectivity index (χ3v) is 11.0. The van der Waals surface area contributed by atoms with Gasteiger partial charge in [-0.1, -0.05) is 140 Å². The molecule has 11 aromatic rings. The Labute approximate surface area is 303 Å². The van der Waals surface area contributed by atoms with E-state index in [2.05, 4.69) is 152 Å². The van der Waals surface area contributed by atoms with Gasteiger partial charge in [-0.2, -0.15) is 0 Å². The minimum absolute atomic E-state index is 0.620. The van der Waals surface area contributed by atoms with E-state index in [9.17, 15) is 0 Å². The van der Waals surface area contributed by atoms with E-state index in [1.54, 1.807) is 0 Å². The molecule has 0 saturated carbocycles. The van der Waals surface area contributed by atoms with Gasteiger partial charge < -0.3 is 4.42 Å². The Kier molecular flexibility index (Phi) is 5.74. The summed E-state index contributed by atoms with van der Waals surface area (Å²) in [5, 5.41) is 11.6. The molecule has 0 saturated heterocycles. The molecule has 2 heterocycles. The molecule has 4 heteroatoms. The van der Waals surface area contributed by atoms with Crippen LogP contribution < -0.4 is 0 Å². The zero-order chi connectivity index (χ0) is 34.6. The van der Waals surface area contributed by atoms with Gasteiger partial charge in [0, 0.05) is 33.0 Å². The van der Waals surface area contributed by atoms with Gasteiger partial charge in [0.1, 0.15) is 11.2 Å². The van der Waals surface area contributed by atoms with E-state index in [1.165, 1.54) is 48.8 Å². The molecule has 0 radical (unpaired) electrons. The Morgan fingerprint density at radius 1 is 0.321 bits per heavy atom. The van der Waals surface area contributed by atoms with Crippen LogP contribution in [-0.4, -0.2) is 15.0 Å². The van der Waals surface area contributed by atoms with Gasteiger partial charge in [0.25, 0.3) is 0 Å². The molecule has 2 aromatic heterocycles. The van der Waals surface area contributed by atoms with Crippen LogP contribution in [0.15, 0.2) is 168 Å². The maximum atomic E-state index is 6.63. The second kappa shape index (κ2) is 10.7. The molecule has 4 nitrogen and oxygen atoms in total. The van der Waals surface area contributed by atoms with Gasteiger partial charge in [-0.05, 0) is 84.0 Å². The van der Waals surface area contributed by atoms with Gasteiger partial charge >= 0.3 is 0 Å². The second-order valence-electron chi connectivity index (χ2n) is 13.9. The van der Waals surface area contributed by atoms with Gasteiger partial charge in [0.15, 0.2) is 17.5 Å². The summed E-state index contributed by atoms with van der Waals surface area (Å²) in [6.45, 7) is 0. The number of para-hydroxylation sites is 1. The highest BCUT2D eigenvalue weighted by molar-refractivity contribution is 6.25. The normalized spacial score (nSPS) is 12.2. The van der Waals surface area contributed by atoms with E-state index in [-0.39, 0.29) is 0 Å². The summed E-state index contributed by atoms with van der Waals surface area (Å²) in [4.78, 5) is 16.1. The third-order valence-electron chi connectivity index (χ3n) is 11.0. The van der Waals surface area contributed by atoms with Crippen LogP contribution in [0, 0.1) is 0 Å². The highest BCUT2D eigenvalue weighted by Crippen LogP contribution is 2.54. The molecule has 12 rings (SSSR count). The standard InChI is InChI=1S/C49H27N3O/c1-2-11-32-25-33(23-19-28(32)9-1)47-50-48(34-24-22-30-21-20-29-10-3-4-14-35(29)39(30)26-34)52-49(51-47)46-44-38-17-8-13-31-12-7-16-36(43(31)38)40(44)27-42-45(46)37-15-5-6-18-41(37)53-42/h1-27H. The monoisotopic (exact) mass is 673 g/mol. The van der Waals surface area contributed by atoms with Crippen molar-refractivity contribution in [2.75, 3.05) is 0 Å². The van der Waals surface area contributed by atoms with E-state index >= 15 is 0 Å². The Morgan fingerprint density at radius 2 is 0.925 bits per heavy atom. The van der Waals surface area contributed by atoms with Gasteiger partial charge in [0.2, 0.25) is 0 Å². The predicted molar refractivity (Wildman–Crippen MR) is 218 cm³/mol. The quantitative estimate of drug-likeness (QED) is 0.175. The minimum Gasteiger partial charge on any atom is -0.456 e. The Morgan fingerprint density at radius 3 is 1.75 bits per heavy atom. The second-order valence-corrected chi connectivity index (χ2v) is 13.9. The lowest BCUT2D eigenvalue weighted by molar-refractivity contribution is 0.669. The van der Waals surface area contributed by atoms with Crippen molar-refractivity contribution in [3.05, 3.63) is 164 Å². The van der Waals surface area contributed by atoms with E-state index in [4.69, 9.17) is 19.4 Å². The molecule has 0 amide bonds. The Bertz CT molecular complexity index is 3350. The van der Waals surface area contributed by atoms with Crippen molar-refractivity contribution >= 4 is 65.0 Å². The molecule has 244 valence electrons. The van der Waals surface area contributed by atoms with Crippen LogP contribution in [0.4, 0.5) is 0 Å². The smallest absolute Gasteiger partial charge is 0.165 e. The van der Waals surface area contributed by atoms with Crippen LogP contribution in [-0.2, 0) is 0 Å². The number of benzene rings is 9. The summed E-state index contributed by atoms with van der Waals surface area (Å²) in [5.41, 5.74) is 9.12. The number of furan rings is 1. The van der Waals surface area contributed by atoms with Gasteiger partial charge in [-0.3, -0.25) is 0 Å². The fraction of sp³-hybridized carbons (Fsp3) is 0. The SMILES string of the molecule is c1ccc2cc(-c3nc(-c4ccc5ccc6ccccc6c5c4)nc(-c4c5c(cc6oc7ccccc7c46)-c4cccc6cccc-5c46)n3)ccc2c1. The summed E-state index contributed by atoms with van der Waals surface area (Å²) in [7, 11) is 0. The third kappa shape index (κ3) is 4.15. The van der Waals surface area contributed by atoms with E-state index in [0.717, 1.165) is 55.1 Å². The molecule has 0 atom stereocenters. The molecule has 9 aromatic carbocycles. The Hall–Kier alpha value is -7.17. The summed E-state index contributed by atoms with van der Waals surface area (Å²) in [6, 6.07) is 57.9. The van der Waals surface area contributed by atoms with E-state index in [1.807, 2.05) is 12.1 Å². The van der Waals surface area contributed by atoms with Crippen LogP contribution in [0.25, 0.3) is 121 Å². The molecule has 0 bridgehead atoms. The van der Waals surface area contributed by atoms with E-state index < -0.39 is 0 Å². The van der Waals surface area contributed by atoms with Gasteiger partial charge in [0.05, 0.1) is 0 Å². The van der Waals surface area contributed by atoms with Gasteiger partial charge in [-0.25, -0.2) is 15.0 Å². The van der Waals surface area contributed by atoms with Crippen molar-refractivity contribution in [3.8, 4) is 56.4 Å². The highest BCUT2D eigenvalue weighted by atomic mass is 16.3. The fourth-order valence-corrected chi connectivity index (χ4v) is 8.59. The van der Waals surface area contributed by atoms with Crippen molar-refractivity contribution in [2.45, 2.75) is 0 Å². The molecular weight excluding hydrogens is 647 g/mol. The average molecular weight is 674 g/mol. The van der Waals surface area contributed by atoms with Crippen molar-refractivity contribution in [3.63, 3.8) is 0 Å². The molecule has 0 aliphatic heterocycles. The molecule has 0 spiro atoms. The van der Waals surface area contributed by atoms with Crippen LogP contribution in [0.1, 0.15) is 0 Å². The highest BCUT2D eigenvalue weighted by Gasteiger charge is 2.30. The van der Waals surface area contributed by atoms with Crippen LogP contribution >= 0.6 is 0 Å². The van der Waals surface area contributed by atoms with E-state index in [0.29, 0.717) is 17.5 Å². The lowest BCUT2D eigenvalue weighted by Gasteiger charge is -2.14. The van der Waals surface area contributed by atoms with Crippen LogP contribution in [0.3, 0.4) is 0 Å². The summed E-state index contributed by atoms with van der Waals surface area (Å²) in [6.07, 6.45) is 0. The van der Waals surface area contributed by atoms with Crippen molar-refractivity contribution in [1.29, 1.82) is 0 Å². The number of aromatic nitrogens is 3. The topological polar surface area (TPSA) is 51.8 Å². The first-order valence-corrected chi connectivity index (χ1v) is 17.9. The lowest BCUT2D eigenvalue weighted by atomic mass is 9.93. The molecule has 0 unspecified atom stereocenters. The number of hydrogen-bond acceptors (Lipinski definition) is 4. The molecule has 1 aliphatic rings.